The van der Waals surface area contributed by atoms with Crippen molar-refractivity contribution in [3.63, 3.8) is 0 Å². The van der Waals surface area contributed by atoms with Crippen LogP contribution >= 0.6 is 0 Å². The highest BCUT2D eigenvalue weighted by Gasteiger charge is 2.10. The molecule has 1 aromatic rings. The Morgan fingerprint density at radius 1 is 1.27 bits per heavy atom. The lowest BCUT2D eigenvalue weighted by molar-refractivity contribution is 0.0965. The smallest absolute Gasteiger partial charge is 0.246 e. The fourth-order valence-corrected chi connectivity index (χ4v) is 3.00. The van der Waals surface area contributed by atoms with Crippen molar-refractivity contribution in [3.8, 4) is 5.75 Å². The summed E-state index contributed by atoms with van der Waals surface area (Å²) in [6.45, 7) is 11.8. The van der Waals surface area contributed by atoms with Gasteiger partial charge in [0, 0.05) is 18.8 Å². The zero-order valence-electron chi connectivity index (χ0n) is 18.9. The first kappa shape index (κ1) is 25.8. The van der Waals surface area contributed by atoms with Crippen molar-refractivity contribution < 1.29 is 19.1 Å². The summed E-state index contributed by atoms with van der Waals surface area (Å²) in [4.78, 5) is 20.5. The van der Waals surface area contributed by atoms with Crippen LogP contribution in [0.3, 0.4) is 0 Å². The molecule has 1 atom stereocenters. The van der Waals surface area contributed by atoms with Crippen LogP contribution in [0, 0.1) is 12.8 Å². The molecule has 0 aliphatic rings. The number of aryl methyl sites for hydroxylation is 1. The van der Waals surface area contributed by atoms with Crippen molar-refractivity contribution in [2.75, 3.05) is 33.4 Å². The van der Waals surface area contributed by atoms with Crippen LogP contribution in [0.4, 0.5) is 0 Å². The highest BCUT2D eigenvalue weighted by molar-refractivity contribution is 5.77. The molecule has 1 N–H and O–H groups in total. The van der Waals surface area contributed by atoms with Crippen molar-refractivity contribution >= 4 is 18.9 Å². The van der Waals surface area contributed by atoms with Crippen molar-refractivity contribution in [2.45, 2.75) is 52.6 Å². The molecule has 0 bridgehead atoms. The summed E-state index contributed by atoms with van der Waals surface area (Å²) < 4.78 is 11.4. The van der Waals surface area contributed by atoms with Gasteiger partial charge in [-0.1, -0.05) is 5.16 Å². The number of carbonyl (C=O) groups is 1. The summed E-state index contributed by atoms with van der Waals surface area (Å²) in [5, 5.41) is 6.68. The van der Waals surface area contributed by atoms with Gasteiger partial charge in [0.15, 0.2) is 0 Å². The van der Waals surface area contributed by atoms with Crippen LogP contribution in [0.1, 0.15) is 55.5 Å². The van der Waals surface area contributed by atoms with E-state index in [1.54, 1.807) is 6.07 Å². The molecule has 168 valence electrons. The van der Waals surface area contributed by atoms with E-state index in [2.05, 4.69) is 22.2 Å². The molecule has 0 radical (unpaired) electrons. The predicted octanol–water partition coefficient (Wildman–Crippen LogP) is 4.04. The Bertz CT molecular complexity index is 662. The zero-order valence-corrected chi connectivity index (χ0v) is 18.9. The van der Waals surface area contributed by atoms with Gasteiger partial charge in [-0.15, -0.1) is 0 Å². The standard InChI is InChI=1S/C23H37N3O4/c1-18(2)29-17-23(30-25-5)26-13-11-20(10-12-24-4)7-6-14-28-22-9-8-21(16-27)19(3)15-22/h8-9,15-16,18,20,24H,5-7,10-14,17H2,1-4H3. The van der Waals surface area contributed by atoms with E-state index >= 15 is 0 Å². The number of nitrogens with one attached hydrogen (secondary N) is 1. The fraction of sp³-hybridized carbons (Fsp3) is 0.609. The van der Waals surface area contributed by atoms with Gasteiger partial charge >= 0.3 is 0 Å². The van der Waals surface area contributed by atoms with Crippen LogP contribution in [-0.4, -0.2) is 58.4 Å². The van der Waals surface area contributed by atoms with Crippen LogP contribution in [0.2, 0.25) is 0 Å². The third kappa shape index (κ3) is 11.1. The van der Waals surface area contributed by atoms with Gasteiger partial charge in [0.25, 0.3) is 0 Å². The fourth-order valence-electron chi connectivity index (χ4n) is 3.00. The molecule has 30 heavy (non-hydrogen) atoms. The maximum absolute atomic E-state index is 10.9. The van der Waals surface area contributed by atoms with Crippen LogP contribution in [0.5, 0.6) is 5.75 Å². The summed E-state index contributed by atoms with van der Waals surface area (Å²) in [7, 11) is 1.97. The van der Waals surface area contributed by atoms with E-state index in [9.17, 15) is 4.79 Å². The molecule has 0 spiro atoms. The number of carbonyl (C=O) groups excluding carboxylic acids is 1. The number of aldehydes is 1. The van der Waals surface area contributed by atoms with E-state index in [0.717, 1.165) is 49.8 Å². The van der Waals surface area contributed by atoms with Crippen molar-refractivity contribution in [1.82, 2.24) is 5.32 Å². The van der Waals surface area contributed by atoms with E-state index in [4.69, 9.17) is 14.3 Å². The van der Waals surface area contributed by atoms with Gasteiger partial charge in [0.1, 0.15) is 18.6 Å². The lowest BCUT2D eigenvalue weighted by Crippen LogP contribution is -2.17. The van der Waals surface area contributed by atoms with Crippen LogP contribution in [0.25, 0.3) is 0 Å². The van der Waals surface area contributed by atoms with Gasteiger partial charge in [0.05, 0.1) is 12.7 Å². The molecule has 1 aromatic carbocycles. The third-order valence-corrected chi connectivity index (χ3v) is 4.73. The van der Waals surface area contributed by atoms with Gasteiger partial charge in [-0.25, -0.2) is 0 Å². The number of nitrogens with zero attached hydrogens (tertiary/aromatic N) is 2. The van der Waals surface area contributed by atoms with Gasteiger partial charge in [0.2, 0.25) is 5.90 Å². The first-order valence-electron chi connectivity index (χ1n) is 10.6. The lowest BCUT2D eigenvalue weighted by Gasteiger charge is -2.16. The number of benzene rings is 1. The molecule has 0 saturated carbocycles. The first-order chi connectivity index (χ1) is 14.5. The molecular formula is C23H37N3O4. The quantitative estimate of drug-likeness (QED) is 0.144. The Hall–Kier alpha value is -2.25. The van der Waals surface area contributed by atoms with Crippen molar-refractivity contribution in [3.05, 3.63) is 29.3 Å². The molecule has 0 aromatic heterocycles. The molecule has 0 aliphatic heterocycles. The summed E-state index contributed by atoms with van der Waals surface area (Å²) in [6.07, 6.45) is 5.02. The van der Waals surface area contributed by atoms with Gasteiger partial charge < -0.3 is 19.6 Å². The SMILES string of the molecule is C=NOC(COC(C)C)=NCCC(CCCOc1ccc(C=O)c(C)c1)CCNC. The second-order valence-electron chi connectivity index (χ2n) is 7.53. The summed E-state index contributed by atoms with van der Waals surface area (Å²) in [5.41, 5.74) is 1.63. The molecule has 0 fully saturated rings. The average Bonchev–Trinajstić information content (AvgIpc) is 2.72. The molecule has 0 heterocycles. The number of ether oxygens (including phenoxy) is 2. The van der Waals surface area contributed by atoms with Gasteiger partial charge in [-0.05, 0) is 89.7 Å². The highest BCUT2D eigenvalue weighted by atomic mass is 16.6. The first-order valence-corrected chi connectivity index (χ1v) is 10.6. The van der Waals surface area contributed by atoms with E-state index in [1.807, 2.05) is 40.0 Å². The van der Waals surface area contributed by atoms with Crippen LogP contribution in [0.15, 0.2) is 28.3 Å². The molecular weight excluding hydrogens is 382 g/mol. The molecule has 1 rings (SSSR count). The Balaban J connectivity index is 2.46. The van der Waals surface area contributed by atoms with E-state index in [-0.39, 0.29) is 6.10 Å². The lowest BCUT2D eigenvalue weighted by atomic mass is 9.96. The number of hydrogen-bond donors (Lipinski definition) is 1. The molecule has 1 unspecified atom stereocenters. The summed E-state index contributed by atoms with van der Waals surface area (Å²) in [6, 6.07) is 5.55. The van der Waals surface area contributed by atoms with Gasteiger partial charge in [-0.2, -0.15) is 0 Å². The Labute approximate surface area is 180 Å². The second-order valence-corrected chi connectivity index (χ2v) is 7.53. The van der Waals surface area contributed by atoms with Crippen molar-refractivity contribution in [1.29, 1.82) is 0 Å². The monoisotopic (exact) mass is 419 g/mol. The predicted molar refractivity (Wildman–Crippen MR) is 122 cm³/mol. The minimum absolute atomic E-state index is 0.102. The summed E-state index contributed by atoms with van der Waals surface area (Å²) >= 11 is 0. The van der Waals surface area contributed by atoms with Crippen LogP contribution in [-0.2, 0) is 9.57 Å². The molecule has 0 saturated heterocycles. The molecule has 7 heteroatoms. The van der Waals surface area contributed by atoms with Gasteiger partial charge in [-0.3, -0.25) is 9.79 Å². The average molecular weight is 420 g/mol. The molecule has 7 nitrogen and oxygen atoms in total. The number of aliphatic imine (C=N–C) groups is 1. The number of oxime groups is 1. The Kier molecular flexibility index (Phi) is 13.4. The Morgan fingerprint density at radius 3 is 2.70 bits per heavy atom. The second kappa shape index (κ2) is 15.6. The topological polar surface area (TPSA) is 81.5 Å². The maximum atomic E-state index is 10.9. The molecule has 0 aliphatic carbocycles. The zero-order chi connectivity index (χ0) is 22.2. The number of rotatable bonds is 16. The normalized spacial score (nSPS) is 12.6. The third-order valence-electron chi connectivity index (χ3n) is 4.73. The highest BCUT2D eigenvalue weighted by Crippen LogP contribution is 2.19. The van der Waals surface area contributed by atoms with Crippen molar-refractivity contribution in [2.24, 2.45) is 16.1 Å². The van der Waals surface area contributed by atoms with E-state index in [0.29, 0.717) is 37.1 Å². The number of hydrogen-bond acceptors (Lipinski definition) is 7. The van der Waals surface area contributed by atoms with Crippen LogP contribution < -0.4 is 10.1 Å². The maximum Gasteiger partial charge on any atom is 0.246 e. The largest absolute Gasteiger partial charge is 0.494 e. The minimum Gasteiger partial charge on any atom is -0.494 e. The molecule has 0 amide bonds. The Morgan fingerprint density at radius 2 is 2.07 bits per heavy atom. The summed E-state index contributed by atoms with van der Waals surface area (Å²) in [5.74, 6) is 1.80. The van der Waals surface area contributed by atoms with E-state index < -0.39 is 0 Å². The van der Waals surface area contributed by atoms with E-state index in [1.165, 1.54) is 0 Å². The minimum atomic E-state index is 0.102.